The number of carbonyl (C=O) groups excluding carboxylic acids is 3. The normalized spacial score (nSPS) is 22.2. The predicted octanol–water partition coefficient (Wildman–Crippen LogP) is 5.67. The summed E-state index contributed by atoms with van der Waals surface area (Å²) < 4.78 is 0. The zero-order valence-corrected chi connectivity index (χ0v) is 18.7. The highest BCUT2D eigenvalue weighted by Crippen LogP contribution is 2.45. The van der Waals surface area contributed by atoms with Crippen LogP contribution in [0.5, 0.6) is 0 Å². The van der Waals surface area contributed by atoms with Crippen molar-refractivity contribution in [3.63, 3.8) is 0 Å². The fraction of sp³-hybridized carbons (Fsp3) is 0.222. The van der Waals surface area contributed by atoms with Gasteiger partial charge in [-0.2, -0.15) is 0 Å². The Morgan fingerprint density at radius 1 is 0.848 bits per heavy atom. The number of nitrogens with one attached hydrogen (secondary N) is 1. The van der Waals surface area contributed by atoms with E-state index in [9.17, 15) is 14.4 Å². The molecule has 6 heteroatoms. The molecule has 0 unspecified atom stereocenters. The van der Waals surface area contributed by atoms with E-state index in [1.54, 1.807) is 48.5 Å². The van der Waals surface area contributed by atoms with Crippen molar-refractivity contribution in [1.82, 2.24) is 0 Å². The first-order valence-corrected chi connectivity index (χ1v) is 11.5. The topological polar surface area (TPSA) is 66.5 Å². The van der Waals surface area contributed by atoms with Crippen molar-refractivity contribution in [2.75, 3.05) is 10.2 Å². The van der Waals surface area contributed by atoms with Gasteiger partial charge in [-0.25, -0.2) is 0 Å². The summed E-state index contributed by atoms with van der Waals surface area (Å²) >= 11 is 5.90. The van der Waals surface area contributed by atoms with Crippen molar-refractivity contribution < 1.29 is 14.4 Å². The summed E-state index contributed by atoms with van der Waals surface area (Å²) in [5, 5.41) is 3.39. The Kier molecular flexibility index (Phi) is 5.73. The summed E-state index contributed by atoms with van der Waals surface area (Å²) in [6.07, 6.45) is 2.26. The Morgan fingerprint density at radius 2 is 1.58 bits per heavy atom. The molecule has 1 N–H and O–H groups in total. The summed E-state index contributed by atoms with van der Waals surface area (Å²) in [6, 6.07) is 23.7. The highest BCUT2D eigenvalue weighted by atomic mass is 35.5. The molecule has 33 heavy (non-hydrogen) atoms. The molecule has 3 aromatic carbocycles. The molecule has 0 bridgehead atoms. The lowest BCUT2D eigenvalue weighted by Gasteiger charge is -2.28. The zero-order chi connectivity index (χ0) is 22.9. The first-order valence-electron chi connectivity index (χ1n) is 11.1. The third-order valence-electron chi connectivity index (χ3n) is 6.67. The fourth-order valence-electron chi connectivity index (χ4n) is 4.98. The van der Waals surface area contributed by atoms with E-state index in [4.69, 9.17) is 11.6 Å². The van der Waals surface area contributed by atoms with Crippen LogP contribution in [0, 0.1) is 11.8 Å². The predicted molar refractivity (Wildman–Crippen MR) is 128 cm³/mol. The molecule has 1 aliphatic carbocycles. The Balaban J connectivity index is 1.35. The first-order chi connectivity index (χ1) is 16.0. The molecular weight excluding hydrogens is 436 g/mol. The standard InChI is InChI=1S/C27H23ClN2O3/c28-20-10-12-21(13-11-20)29-25(31)19-7-4-8-22(15-19)30-26(32)23-14-9-18(16-24(23)27(30)33)17-5-2-1-3-6-17/h1-8,10-13,15,18,23-24H,9,14,16H2,(H,29,31)/t18-,23-,24+/m0/s1. The molecular formula is C27H23ClN2O3. The van der Waals surface area contributed by atoms with Crippen molar-refractivity contribution in [2.45, 2.75) is 25.2 Å². The number of amides is 3. The minimum Gasteiger partial charge on any atom is -0.322 e. The van der Waals surface area contributed by atoms with Crippen molar-refractivity contribution in [3.05, 3.63) is 95.0 Å². The fourth-order valence-corrected chi connectivity index (χ4v) is 5.11. The van der Waals surface area contributed by atoms with Crippen molar-refractivity contribution in [2.24, 2.45) is 11.8 Å². The molecule has 166 valence electrons. The van der Waals surface area contributed by atoms with E-state index >= 15 is 0 Å². The zero-order valence-electron chi connectivity index (χ0n) is 17.9. The maximum Gasteiger partial charge on any atom is 0.255 e. The number of nitrogens with zero attached hydrogens (tertiary/aromatic N) is 1. The number of rotatable bonds is 4. The second kappa shape index (κ2) is 8.83. The van der Waals surface area contributed by atoms with E-state index in [0.717, 1.165) is 6.42 Å². The first kappa shape index (κ1) is 21.4. The number of carbonyl (C=O) groups is 3. The highest BCUT2D eigenvalue weighted by molar-refractivity contribution is 6.30. The van der Waals surface area contributed by atoms with Crippen molar-refractivity contribution >= 4 is 40.7 Å². The molecule has 2 fully saturated rings. The third kappa shape index (κ3) is 4.16. The van der Waals surface area contributed by atoms with Crippen LogP contribution in [0.15, 0.2) is 78.9 Å². The minimum atomic E-state index is -0.320. The largest absolute Gasteiger partial charge is 0.322 e. The van der Waals surface area contributed by atoms with Gasteiger partial charge in [0, 0.05) is 16.3 Å². The van der Waals surface area contributed by atoms with Crippen LogP contribution in [0.25, 0.3) is 0 Å². The maximum absolute atomic E-state index is 13.3. The summed E-state index contributed by atoms with van der Waals surface area (Å²) in [5.74, 6) is -0.972. The van der Waals surface area contributed by atoms with Crippen LogP contribution < -0.4 is 10.2 Å². The number of hydrogen-bond donors (Lipinski definition) is 1. The smallest absolute Gasteiger partial charge is 0.255 e. The highest BCUT2D eigenvalue weighted by Gasteiger charge is 2.50. The maximum atomic E-state index is 13.3. The van der Waals surface area contributed by atoms with Crippen LogP contribution >= 0.6 is 11.6 Å². The molecule has 3 amide bonds. The number of hydrogen-bond acceptors (Lipinski definition) is 3. The number of benzene rings is 3. The molecule has 0 radical (unpaired) electrons. The van der Waals surface area contributed by atoms with Gasteiger partial charge in [0.1, 0.15) is 0 Å². The average Bonchev–Trinajstić information content (AvgIpc) is 3.10. The van der Waals surface area contributed by atoms with Gasteiger partial charge < -0.3 is 5.32 Å². The van der Waals surface area contributed by atoms with Gasteiger partial charge in [0.2, 0.25) is 11.8 Å². The van der Waals surface area contributed by atoms with Crippen LogP contribution in [0.4, 0.5) is 11.4 Å². The SMILES string of the molecule is O=C(Nc1ccc(Cl)cc1)c1cccc(N2C(=O)[C@H]3CC[C@H](c4ccccc4)C[C@H]3C2=O)c1. The van der Waals surface area contributed by atoms with Crippen molar-refractivity contribution in [3.8, 4) is 0 Å². The molecule has 1 aliphatic heterocycles. The molecule has 3 atom stereocenters. The summed E-state index contributed by atoms with van der Waals surface area (Å²) in [5.41, 5.74) is 2.65. The Hall–Kier alpha value is -3.44. The lowest BCUT2D eigenvalue weighted by Crippen LogP contribution is -2.31. The number of fused-ring (bicyclic) bond motifs is 1. The van der Waals surface area contributed by atoms with E-state index in [2.05, 4.69) is 17.4 Å². The summed E-state index contributed by atoms with van der Waals surface area (Å²) in [4.78, 5) is 40.5. The van der Waals surface area contributed by atoms with E-state index in [0.29, 0.717) is 34.8 Å². The molecule has 0 aromatic heterocycles. The summed E-state index contributed by atoms with van der Waals surface area (Å²) in [7, 11) is 0. The average molecular weight is 459 g/mol. The Bertz CT molecular complexity index is 1210. The molecule has 5 rings (SSSR count). The Labute approximate surface area is 197 Å². The van der Waals surface area contributed by atoms with Crippen LogP contribution in [0.2, 0.25) is 5.02 Å². The molecule has 1 heterocycles. The molecule has 5 nitrogen and oxygen atoms in total. The van der Waals surface area contributed by atoms with Gasteiger partial charge >= 0.3 is 0 Å². The van der Waals surface area contributed by atoms with E-state index in [-0.39, 0.29) is 35.5 Å². The molecule has 1 saturated heterocycles. The minimum absolute atomic E-state index is 0.160. The lowest BCUT2D eigenvalue weighted by atomic mass is 9.73. The van der Waals surface area contributed by atoms with Gasteiger partial charge in [-0.15, -0.1) is 0 Å². The van der Waals surface area contributed by atoms with Crippen LogP contribution in [0.1, 0.15) is 41.1 Å². The third-order valence-corrected chi connectivity index (χ3v) is 6.92. The second-order valence-electron chi connectivity index (χ2n) is 8.66. The summed E-state index contributed by atoms with van der Waals surface area (Å²) in [6.45, 7) is 0. The van der Waals surface area contributed by atoms with E-state index in [1.165, 1.54) is 10.5 Å². The molecule has 3 aromatic rings. The quantitative estimate of drug-likeness (QED) is 0.512. The monoisotopic (exact) mass is 458 g/mol. The van der Waals surface area contributed by atoms with Gasteiger partial charge in [0.05, 0.1) is 17.5 Å². The number of anilines is 2. The number of halogens is 1. The van der Waals surface area contributed by atoms with E-state index in [1.807, 2.05) is 18.2 Å². The second-order valence-corrected chi connectivity index (χ2v) is 9.09. The van der Waals surface area contributed by atoms with Gasteiger partial charge in [0.25, 0.3) is 5.91 Å². The van der Waals surface area contributed by atoms with Gasteiger partial charge in [-0.3, -0.25) is 19.3 Å². The van der Waals surface area contributed by atoms with Crippen LogP contribution in [-0.2, 0) is 9.59 Å². The van der Waals surface area contributed by atoms with Crippen LogP contribution in [-0.4, -0.2) is 17.7 Å². The van der Waals surface area contributed by atoms with Crippen LogP contribution in [0.3, 0.4) is 0 Å². The Morgan fingerprint density at radius 3 is 2.33 bits per heavy atom. The van der Waals surface area contributed by atoms with Gasteiger partial charge in [-0.05, 0) is 73.2 Å². The molecule has 1 saturated carbocycles. The molecule has 2 aliphatic rings. The van der Waals surface area contributed by atoms with Crippen molar-refractivity contribution in [1.29, 1.82) is 0 Å². The van der Waals surface area contributed by atoms with Gasteiger partial charge in [0.15, 0.2) is 0 Å². The lowest BCUT2D eigenvalue weighted by molar-refractivity contribution is -0.122. The molecule has 0 spiro atoms. The van der Waals surface area contributed by atoms with E-state index < -0.39 is 0 Å². The number of imide groups is 1. The van der Waals surface area contributed by atoms with Gasteiger partial charge in [-0.1, -0.05) is 48.0 Å².